The molecule has 2 heterocycles. The zero-order chi connectivity index (χ0) is 21.3. The molecule has 10 heteroatoms. The van der Waals surface area contributed by atoms with Crippen LogP contribution in [0.1, 0.15) is 16.8 Å². The molecule has 168 valence electrons. The Bertz CT molecular complexity index is 883. The number of guanidine groups is 1. The molecule has 1 saturated heterocycles. The highest BCUT2D eigenvalue weighted by atomic mass is 127. The van der Waals surface area contributed by atoms with Crippen molar-refractivity contribution in [1.82, 2.24) is 20.9 Å². The van der Waals surface area contributed by atoms with Crippen molar-refractivity contribution in [3.8, 4) is 5.75 Å². The molecule has 1 unspecified atom stereocenters. The Morgan fingerprint density at radius 1 is 1.32 bits per heavy atom. The SMILES string of the molecule is CN=C(NCCNC(=O)c1cccnc1)NC1CCN(c2cc(Cl)ccc2OC)C1.I. The number of aromatic nitrogens is 1. The van der Waals surface area contributed by atoms with Gasteiger partial charge >= 0.3 is 0 Å². The Balaban J connectivity index is 0.00000341. The zero-order valence-electron chi connectivity index (χ0n) is 17.6. The van der Waals surface area contributed by atoms with Crippen molar-refractivity contribution in [1.29, 1.82) is 0 Å². The maximum absolute atomic E-state index is 12.0. The number of benzene rings is 1. The third-order valence-corrected chi connectivity index (χ3v) is 5.10. The molecule has 0 saturated carbocycles. The van der Waals surface area contributed by atoms with Crippen LogP contribution in [0.3, 0.4) is 0 Å². The van der Waals surface area contributed by atoms with Gasteiger partial charge in [-0.15, -0.1) is 24.0 Å². The fraction of sp³-hybridized carbons (Fsp3) is 0.381. The summed E-state index contributed by atoms with van der Waals surface area (Å²) >= 11 is 6.17. The van der Waals surface area contributed by atoms with E-state index in [9.17, 15) is 4.79 Å². The first kappa shape index (κ1) is 25.0. The average molecular weight is 559 g/mol. The first-order chi connectivity index (χ1) is 14.6. The number of anilines is 1. The number of aliphatic imine (C=N–C) groups is 1. The molecule has 3 rings (SSSR count). The minimum Gasteiger partial charge on any atom is -0.495 e. The van der Waals surface area contributed by atoms with Crippen LogP contribution in [0.5, 0.6) is 5.75 Å². The van der Waals surface area contributed by atoms with E-state index in [2.05, 4.69) is 30.8 Å². The van der Waals surface area contributed by atoms with Crippen molar-refractivity contribution < 1.29 is 9.53 Å². The number of amides is 1. The van der Waals surface area contributed by atoms with Crippen LogP contribution in [-0.2, 0) is 0 Å². The van der Waals surface area contributed by atoms with Crippen LogP contribution in [0.25, 0.3) is 0 Å². The molecule has 1 aliphatic heterocycles. The summed E-state index contributed by atoms with van der Waals surface area (Å²) in [5.74, 6) is 1.37. The molecule has 1 atom stereocenters. The summed E-state index contributed by atoms with van der Waals surface area (Å²) in [7, 11) is 3.40. The lowest BCUT2D eigenvalue weighted by molar-refractivity contribution is 0.0954. The van der Waals surface area contributed by atoms with E-state index in [1.54, 1.807) is 38.7 Å². The van der Waals surface area contributed by atoms with Gasteiger partial charge in [0.25, 0.3) is 5.91 Å². The van der Waals surface area contributed by atoms with Gasteiger partial charge in [0.15, 0.2) is 5.96 Å². The normalized spacial score (nSPS) is 15.8. The summed E-state index contributed by atoms with van der Waals surface area (Å²) < 4.78 is 5.47. The lowest BCUT2D eigenvalue weighted by atomic mass is 10.2. The molecule has 1 aromatic carbocycles. The van der Waals surface area contributed by atoms with Gasteiger partial charge in [-0.25, -0.2) is 0 Å². The van der Waals surface area contributed by atoms with Gasteiger partial charge in [0, 0.05) is 56.7 Å². The first-order valence-electron chi connectivity index (χ1n) is 9.84. The molecule has 1 fully saturated rings. The number of hydrogen-bond donors (Lipinski definition) is 3. The molecule has 1 amide bonds. The van der Waals surface area contributed by atoms with E-state index in [0.29, 0.717) is 29.6 Å². The van der Waals surface area contributed by atoms with Crippen molar-refractivity contribution in [3.05, 3.63) is 53.3 Å². The van der Waals surface area contributed by atoms with Crippen LogP contribution in [0.2, 0.25) is 5.02 Å². The number of pyridine rings is 1. The predicted octanol–water partition coefficient (Wildman–Crippen LogP) is 2.54. The summed E-state index contributed by atoms with van der Waals surface area (Å²) in [5, 5.41) is 10.2. The monoisotopic (exact) mass is 558 g/mol. The van der Waals surface area contributed by atoms with E-state index < -0.39 is 0 Å². The van der Waals surface area contributed by atoms with Gasteiger partial charge in [0.2, 0.25) is 0 Å². The maximum Gasteiger partial charge on any atom is 0.252 e. The molecule has 3 N–H and O–H groups in total. The summed E-state index contributed by atoms with van der Waals surface area (Å²) in [4.78, 5) is 22.5. The van der Waals surface area contributed by atoms with Crippen LogP contribution in [0, 0.1) is 0 Å². The van der Waals surface area contributed by atoms with Crippen molar-refractivity contribution >= 4 is 53.1 Å². The zero-order valence-corrected chi connectivity index (χ0v) is 20.7. The average Bonchev–Trinajstić information content (AvgIpc) is 3.24. The molecule has 0 bridgehead atoms. The molecule has 1 aromatic heterocycles. The van der Waals surface area contributed by atoms with E-state index in [1.165, 1.54) is 0 Å². The molecular weight excluding hydrogens is 531 g/mol. The highest BCUT2D eigenvalue weighted by Gasteiger charge is 2.25. The lowest BCUT2D eigenvalue weighted by Crippen LogP contribution is -2.46. The van der Waals surface area contributed by atoms with Gasteiger partial charge in [-0.2, -0.15) is 0 Å². The fourth-order valence-corrected chi connectivity index (χ4v) is 3.52. The highest BCUT2D eigenvalue weighted by Crippen LogP contribution is 2.33. The second kappa shape index (κ2) is 12.6. The number of carbonyl (C=O) groups excluding carboxylic acids is 1. The molecule has 0 aliphatic carbocycles. The van der Waals surface area contributed by atoms with Crippen molar-refractivity contribution in [2.75, 3.05) is 45.2 Å². The number of ether oxygens (including phenoxy) is 1. The van der Waals surface area contributed by atoms with E-state index in [-0.39, 0.29) is 35.9 Å². The molecule has 2 aromatic rings. The van der Waals surface area contributed by atoms with Gasteiger partial charge in [0.05, 0.1) is 18.4 Å². The number of carbonyl (C=O) groups is 1. The standard InChI is InChI=1S/C21H27ClN6O2.HI/c1-23-21(26-10-9-25-20(29)15-4-3-8-24-13-15)27-17-7-11-28(14-17)18-12-16(22)5-6-19(18)30-2;/h3-6,8,12-13,17H,7,9-11,14H2,1-2H3,(H,25,29)(H2,23,26,27);1H. The second-order valence-corrected chi connectivity index (χ2v) is 7.33. The van der Waals surface area contributed by atoms with Gasteiger partial charge in [0.1, 0.15) is 5.75 Å². The van der Waals surface area contributed by atoms with Crippen LogP contribution < -0.4 is 25.6 Å². The number of halogens is 2. The van der Waals surface area contributed by atoms with Crippen LogP contribution in [-0.4, -0.2) is 63.2 Å². The van der Waals surface area contributed by atoms with Crippen molar-refractivity contribution in [2.45, 2.75) is 12.5 Å². The quantitative estimate of drug-likeness (QED) is 0.209. The highest BCUT2D eigenvalue weighted by molar-refractivity contribution is 14.0. The molecule has 0 spiro atoms. The minimum absolute atomic E-state index is 0. The number of nitrogens with one attached hydrogen (secondary N) is 3. The summed E-state index contributed by atoms with van der Waals surface area (Å²) in [6.07, 6.45) is 4.15. The van der Waals surface area contributed by atoms with E-state index in [1.807, 2.05) is 18.2 Å². The third kappa shape index (κ3) is 7.13. The number of nitrogens with zero attached hydrogens (tertiary/aromatic N) is 3. The van der Waals surface area contributed by atoms with Gasteiger partial charge in [-0.3, -0.25) is 14.8 Å². The smallest absolute Gasteiger partial charge is 0.252 e. The summed E-state index contributed by atoms with van der Waals surface area (Å²) in [5.41, 5.74) is 1.54. The maximum atomic E-state index is 12.0. The van der Waals surface area contributed by atoms with Gasteiger partial charge in [-0.1, -0.05) is 11.6 Å². The molecular formula is C21H28ClIN6O2. The summed E-state index contributed by atoms with van der Waals surface area (Å²) in [6.45, 7) is 2.75. The van der Waals surface area contributed by atoms with Gasteiger partial charge in [-0.05, 0) is 36.8 Å². The Morgan fingerprint density at radius 2 is 2.13 bits per heavy atom. The van der Waals surface area contributed by atoms with Crippen molar-refractivity contribution in [3.63, 3.8) is 0 Å². The molecule has 0 radical (unpaired) electrons. The Labute approximate surface area is 204 Å². The second-order valence-electron chi connectivity index (χ2n) is 6.89. The number of rotatable bonds is 7. The molecule has 31 heavy (non-hydrogen) atoms. The topological polar surface area (TPSA) is 90.9 Å². The van der Waals surface area contributed by atoms with Gasteiger partial charge < -0.3 is 25.6 Å². The number of methoxy groups -OCH3 is 1. The Morgan fingerprint density at radius 3 is 2.84 bits per heavy atom. The summed E-state index contributed by atoms with van der Waals surface area (Å²) in [6, 6.07) is 9.36. The predicted molar refractivity (Wildman–Crippen MR) is 135 cm³/mol. The first-order valence-corrected chi connectivity index (χ1v) is 10.2. The molecule has 8 nitrogen and oxygen atoms in total. The lowest BCUT2D eigenvalue weighted by Gasteiger charge is -2.22. The number of hydrogen-bond acceptors (Lipinski definition) is 5. The van der Waals surface area contributed by atoms with E-state index in [4.69, 9.17) is 16.3 Å². The largest absolute Gasteiger partial charge is 0.495 e. The minimum atomic E-state index is -0.144. The Kier molecular flexibility index (Phi) is 10.1. The Hall–Kier alpha value is -2.27. The third-order valence-electron chi connectivity index (χ3n) is 4.86. The van der Waals surface area contributed by atoms with Crippen LogP contribution >= 0.6 is 35.6 Å². The van der Waals surface area contributed by atoms with E-state index in [0.717, 1.165) is 30.9 Å². The van der Waals surface area contributed by atoms with E-state index >= 15 is 0 Å². The van der Waals surface area contributed by atoms with Crippen LogP contribution in [0.4, 0.5) is 5.69 Å². The molecule has 1 aliphatic rings. The van der Waals surface area contributed by atoms with Crippen molar-refractivity contribution in [2.24, 2.45) is 4.99 Å². The fourth-order valence-electron chi connectivity index (χ4n) is 3.35. The van der Waals surface area contributed by atoms with Crippen LogP contribution in [0.15, 0.2) is 47.7 Å².